The van der Waals surface area contributed by atoms with Crippen molar-refractivity contribution >= 4 is 21.6 Å². The summed E-state index contributed by atoms with van der Waals surface area (Å²) >= 11 is 3.47. The molecule has 0 aromatic heterocycles. The van der Waals surface area contributed by atoms with Crippen LogP contribution in [0.1, 0.15) is 35.4 Å². The van der Waals surface area contributed by atoms with Crippen molar-refractivity contribution in [2.45, 2.75) is 18.7 Å². The molecule has 2 aliphatic rings. The van der Waals surface area contributed by atoms with E-state index in [0.717, 1.165) is 33.5 Å². The first kappa shape index (κ1) is 16.5. The monoisotopic (exact) mass is 422 g/mol. The van der Waals surface area contributed by atoms with Crippen molar-refractivity contribution in [3.8, 4) is 5.75 Å². The fourth-order valence-corrected chi connectivity index (χ4v) is 4.00. The third-order valence-corrected chi connectivity index (χ3v) is 5.58. The third-order valence-electron chi connectivity index (χ3n) is 5.05. The van der Waals surface area contributed by atoms with Crippen LogP contribution in [0.2, 0.25) is 0 Å². The van der Waals surface area contributed by atoms with E-state index in [1.54, 1.807) is 12.1 Å². The van der Waals surface area contributed by atoms with Gasteiger partial charge in [0.15, 0.2) is 0 Å². The second kappa shape index (κ2) is 6.50. The molecule has 2 heterocycles. The molecular weight excluding hydrogens is 407 g/mol. The van der Waals surface area contributed by atoms with Gasteiger partial charge in [-0.3, -0.25) is 0 Å². The van der Waals surface area contributed by atoms with Crippen LogP contribution in [0.15, 0.2) is 82.4 Å². The summed E-state index contributed by atoms with van der Waals surface area (Å²) in [4.78, 5) is 0. The molecule has 0 radical (unpaired) electrons. The first-order valence-electron chi connectivity index (χ1n) is 8.82. The minimum Gasteiger partial charge on any atom is -0.464 e. The third kappa shape index (κ3) is 2.82. The average Bonchev–Trinajstić information content (AvgIpc) is 3.14. The zero-order valence-corrected chi connectivity index (χ0v) is 15.9. The topological polar surface area (TPSA) is 24.8 Å². The van der Waals surface area contributed by atoms with Crippen molar-refractivity contribution in [3.05, 3.63) is 99.8 Å². The Labute approximate surface area is 165 Å². The highest BCUT2D eigenvalue weighted by Gasteiger charge is 2.41. The molecule has 5 rings (SSSR count). The summed E-state index contributed by atoms with van der Waals surface area (Å²) in [7, 11) is 0. The molecule has 0 fully saturated rings. The summed E-state index contributed by atoms with van der Waals surface area (Å²) in [5.41, 5.74) is 3.63. The molecule has 0 amide bonds. The number of rotatable bonds is 2. The number of benzene rings is 3. The summed E-state index contributed by atoms with van der Waals surface area (Å²) in [6, 6.07) is 22.8. The quantitative estimate of drug-likeness (QED) is 0.518. The van der Waals surface area contributed by atoms with Crippen LogP contribution in [0.3, 0.4) is 0 Å². The van der Waals surface area contributed by atoms with Gasteiger partial charge in [0.25, 0.3) is 0 Å². The predicted molar refractivity (Wildman–Crippen MR) is 106 cm³/mol. The first-order valence-corrected chi connectivity index (χ1v) is 9.62. The number of hydrogen-bond donors (Lipinski definition) is 0. The summed E-state index contributed by atoms with van der Waals surface area (Å²) in [5, 5.41) is 6.75. The van der Waals surface area contributed by atoms with E-state index in [1.807, 2.05) is 53.5 Å². The standard InChI is InChI=1S/C22H16BrFN2O/c23-15-11-9-14(10-12-15)19-13-20-17-6-2-4-8-21(17)27-22(26(20)25-19)16-5-1-3-7-18(16)24/h1-12,20,22H,13H2/t20-,22-/m1/s1. The molecule has 3 aromatic carbocycles. The SMILES string of the molecule is Fc1ccccc1[C@H]1Oc2ccccc2[C@H]2CC(c3ccc(Br)cc3)=NN21. The smallest absolute Gasteiger partial charge is 0.216 e. The van der Waals surface area contributed by atoms with Gasteiger partial charge < -0.3 is 4.74 Å². The molecule has 2 atom stereocenters. The van der Waals surface area contributed by atoms with Gasteiger partial charge in [-0.15, -0.1) is 0 Å². The van der Waals surface area contributed by atoms with Gasteiger partial charge in [0.1, 0.15) is 11.6 Å². The van der Waals surface area contributed by atoms with Crippen LogP contribution in [0.5, 0.6) is 5.75 Å². The number of halogens is 2. The Morgan fingerprint density at radius 2 is 1.63 bits per heavy atom. The van der Waals surface area contributed by atoms with Crippen LogP contribution in [-0.4, -0.2) is 10.7 Å². The number of nitrogens with zero attached hydrogens (tertiary/aromatic N) is 2. The second-order valence-corrected chi connectivity index (χ2v) is 7.60. The van der Waals surface area contributed by atoms with E-state index in [2.05, 4.69) is 22.0 Å². The molecule has 27 heavy (non-hydrogen) atoms. The average molecular weight is 423 g/mol. The van der Waals surface area contributed by atoms with Crippen molar-refractivity contribution < 1.29 is 9.13 Å². The fraction of sp³-hybridized carbons (Fsp3) is 0.136. The fourth-order valence-electron chi connectivity index (χ4n) is 3.73. The number of fused-ring (bicyclic) bond motifs is 3. The van der Waals surface area contributed by atoms with Gasteiger partial charge in [-0.05, 0) is 29.8 Å². The molecule has 2 aliphatic heterocycles. The maximum Gasteiger partial charge on any atom is 0.216 e. The normalized spacial score (nSPS) is 20.5. The highest BCUT2D eigenvalue weighted by atomic mass is 79.9. The molecule has 0 saturated carbocycles. The van der Waals surface area contributed by atoms with Crippen LogP contribution in [0.25, 0.3) is 0 Å². The molecule has 0 unspecified atom stereocenters. The number of ether oxygens (including phenoxy) is 1. The van der Waals surface area contributed by atoms with Crippen molar-refractivity contribution in [2.75, 3.05) is 0 Å². The summed E-state index contributed by atoms with van der Waals surface area (Å²) in [6.45, 7) is 0. The lowest BCUT2D eigenvalue weighted by Crippen LogP contribution is -2.34. The van der Waals surface area contributed by atoms with E-state index in [-0.39, 0.29) is 11.9 Å². The van der Waals surface area contributed by atoms with Gasteiger partial charge in [-0.2, -0.15) is 5.10 Å². The van der Waals surface area contributed by atoms with Crippen molar-refractivity contribution in [3.63, 3.8) is 0 Å². The molecular formula is C22H16BrFN2O. The Morgan fingerprint density at radius 1 is 0.926 bits per heavy atom. The highest BCUT2D eigenvalue weighted by Crippen LogP contribution is 2.47. The van der Waals surface area contributed by atoms with E-state index in [4.69, 9.17) is 9.84 Å². The highest BCUT2D eigenvalue weighted by molar-refractivity contribution is 9.10. The largest absolute Gasteiger partial charge is 0.464 e. The Morgan fingerprint density at radius 3 is 2.41 bits per heavy atom. The molecule has 5 heteroatoms. The van der Waals surface area contributed by atoms with Gasteiger partial charge in [-0.25, -0.2) is 9.40 Å². The predicted octanol–water partition coefficient (Wildman–Crippen LogP) is 5.83. The zero-order chi connectivity index (χ0) is 18.4. The Kier molecular flexibility index (Phi) is 3.97. The van der Waals surface area contributed by atoms with Crippen molar-refractivity contribution in [2.24, 2.45) is 5.10 Å². The number of hydrazone groups is 1. The number of hydrogen-bond acceptors (Lipinski definition) is 3. The van der Waals surface area contributed by atoms with Gasteiger partial charge in [0.05, 0.1) is 17.3 Å². The van der Waals surface area contributed by atoms with Crippen LogP contribution < -0.4 is 4.74 Å². The van der Waals surface area contributed by atoms with Crippen LogP contribution in [0.4, 0.5) is 4.39 Å². The lowest BCUT2D eigenvalue weighted by Gasteiger charge is -2.38. The Bertz CT molecular complexity index is 1030. The molecule has 134 valence electrons. The maximum absolute atomic E-state index is 14.5. The molecule has 0 aliphatic carbocycles. The van der Waals surface area contributed by atoms with Gasteiger partial charge >= 0.3 is 0 Å². The van der Waals surface area contributed by atoms with E-state index in [1.165, 1.54) is 6.07 Å². The van der Waals surface area contributed by atoms with Crippen LogP contribution in [0, 0.1) is 5.82 Å². The van der Waals surface area contributed by atoms with E-state index < -0.39 is 6.23 Å². The molecule has 0 saturated heterocycles. The van der Waals surface area contributed by atoms with Crippen molar-refractivity contribution in [1.29, 1.82) is 0 Å². The van der Waals surface area contributed by atoms with Gasteiger partial charge in [0.2, 0.25) is 6.23 Å². The lowest BCUT2D eigenvalue weighted by molar-refractivity contribution is -0.0212. The van der Waals surface area contributed by atoms with E-state index in [9.17, 15) is 4.39 Å². The minimum absolute atomic E-state index is 0.0261. The van der Waals surface area contributed by atoms with Crippen molar-refractivity contribution in [1.82, 2.24) is 5.01 Å². The lowest BCUT2D eigenvalue weighted by atomic mass is 9.96. The van der Waals surface area contributed by atoms with Crippen LogP contribution in [-0.2, 0) is 0 Å². The molecule has 3 aromatic rings. The first-order chi connectivity index (χ1) is 13.2. The number of para-hydroxylation sites is 1. The Hall–Kier alpha value is -2.66. The second-order valence-electron chi connectivity index (χ2n) is 6.68. The van der Waals surface area contributed by atoms with Crippen LogP contribution >= 0.6 is 15.9 Å². The molecule has 0 spiro atoms. The molecule has 0 bridgehead atoms. The van der Waals surface area contributed by atoms with E-state index in [0.29, 0.717) is 5.56 Å². The maximum atomic E-state index is 14.5. The van der Waals surface area contributed by atoms with E-state index >= 15 is 0 Å². The molecule has 3 nitrogen and oxygen atoms in total. The van der Waals surface area contributed by atoms with Gasteiger partial charge in [0, 0.05) is 16.5 Å². The minimum atomic E-state index is -0.584. The van der Waals surface area contributed by atoms with Gasteiger partial charge in [-0.1, -0.05) is 64.5 Å². The Balaban J connectivity index is 1.61. The summed E-state index contributed by atoms with van der Waals surface area (Å²) < 4.78 is 21.7. The molecule has 0 N–H and O–H groups in total. The summed E-state index contributed by atoms with van der Waals surface area (Å²) in [6.07, 6.45) is 0.173. The summed E-state index contributed by atoms with van der Waals surface area (Å²) in [5.74, 6) is 0.507. The zero-order valence-electron chi connectivity index (χ0n) is 14.3.